The lowest BCUT2D eigenvalue weighted by atomic mass is 9.96. The van der Waals surface area contributed by atoms with E-state index in [0.717, 1.165) is 12.8 Å². The summed E-state index contributed by atoms with van der Waals surface area (Å²) in [6.45, 7) is 3.63. The smallest absolute Gasteiger partial charge is 0.257 e. The number of piperidine rings is 1. The van der Waals surface area contributed by atoms with Gasteiger partial charge in [0, 0.05) is 24.6 Å². The maximum atomic E-state index is 13.1. The lowest BCUT2D eigenvalue weighted by Gasteiger charge is -2.30. The van der Waals surface area contributed by atoms with Crippen molar-refractivity contribution in [3.63, 3.8) is 0 Å². The van der Waals surface area contributed by atoms with Crippen molar-refractivity contribution in [2.75, 3.05) is 19.7 Å². The van der Waals surface area contributed by atoms with Gasteiger partial charge in [0.2, 0.25) is 11.8 Å². The number of amides is 1. The molecule has 2 heterocycles. The Morgan fingerprint density at radius 3 is 2.59 bits per heavy atom. The predicted octanol–water partition coefficient (Wildman–Crippen LogP) is 4.29. The first-order valence-electron chi connectivity index (χ1n) is 9.76. The molecule has 1 aliphatic heterocycles. The fraction of sp³-hybridized carbons (Fsp3) is 0.318. The summed E-state index contributed by atoms with van der Waals surface area (Å²) in [5.41, 5.74) is 1.27. The molecule has 1 fully saturated rings. The lowest BCUT2D eigenvalue weighted by Crippen LogP contribution is -2.38. The summed E-state index contributed by atoms with van der Waals surface area (Å²) in [6, 6.07) is 13.3. The highest BCUT2D eigenvalue weighted by Gasteiger charge is 2.29. The Bertz CT molecular complexity index is 979. The van der Waals surface area contributed by atoms with Crippen molar-refractivity contribution < 1.29 is 18.3 Å². The van der Waals surface area contributed by atoms with Gasteiger partial charge in [-0.05, 0) is 56.2 Å². The third kappa shape index (κ3) is 4.13. The topological polar surface area (TPSA) is 68.5 Å². The van der Waals surface area contributed by atoms with Crippen LogP contribution in [0.4, 0.5) is 4.39 Å². The number of carbonyl (C=O) groups excluding carboxylic acids is 1. The Hall–Kier alpha value is -3.22. The average Bonchev–Trinajstić information content (AvgIpc) is 3.25. The Labute approximate surface area is 168 Å². The van der Waals surface area contributed by atoms with Crippen LogP contribution in [-0.2, 0) is 0 Å². The van der Waals surface area contributed by atoms with Crippen LogP contribution in [0.15, 0.2) is 52.9 Å². The van der Waals surface area contributed by atoms with Gasteiger partial charge < -0.3 is 14.1 Å². The summed E-state index contributed by atoms with van der Waals surface area (Å²) in [6.07, 6.45) is 1.49. The monoisotopic (exact) mass is 395 g/mol. The standard InChI is InChI=1S/C22H22FN3O3/c1-2-28-19-6-4-3-5-18(19)22(27)26-13-11-16(12-14-26)21-25-24-20(29-21)15-7-9-17(23)10-8-15/h3-10,16H,2,11-14H2,1H3. The Balaban J connectivity index is 1.41. The lowest BCUT2D eigenvalue weighted by molar-refractivity contribution is 0.0702. The van der Waals surface area contributed by atoms with Gasteiger partial charge in [-0.3, -0.25) is 4.79 Å². The summed E-state index contributed by atoms with van der Waals surface area (Å²) < 4.78 is 24.5. The number of ether oxygens (including phenoxy) is 1. The van der Waals surface area contributed by atoms with Gasteiger partial charge in [0.25, 0.3) is 5.91 Å². The van der Waals surface area contributed by atoms with E-state index in [4.69, 9.17) is 9.15 Å². The summed E-state index contributed by atoms with van der Waals surface area (Å²) in [4.78, 5) is 14.8. The number of aromatic nitrogens is 2. The zero-order chi connectivity index (χ0) is 20.2. The zero-order valence-electron chi connectivity index (χ0n) is 16.2. The van der Waals surface area contributed by atoms with E-state index in [1.54, 1.807) is 18.2 Å². The van der Waals surface area contributed by atoms with E-state index in [0.29, 0.717) is 48.4 Å². The third-order valence-corrected chi connectivity index (χ3v) is 5.08. The minimum atomic E-state index is -0.309. The van der Waals surface area contributed by atoms with Crippen LogP contribution in [0.3, 0.4) is 0 Å². The second-order valence-corrected chi connectivity index (χ2v) is 6.95. The minimum Gasteiger partial charge on any atom is -0.493 e. The van der Waals surface area contributed by atoms with Crippen molar-refractivity contribution in [2.24, 2.45) is 0 Å². The van der Waals surface area contributed by atoms with E-state index in [1.165, 1.54) is 12.1 Å². The quantitative estimate of drug-likeness (QED) is 0.644. The molecule has 0 N–H and O–H groups in total. The fourth-order valence-electron chi connectivity index (χ4n) is 3.53. The highest BCUT2D eigenvalue weighted by Crippen LogP contribution is 2.31. The maximum absolute atomic E-state index is 13.1. The fourth-order valence-corrected chi connectivity index (χ4v) is 3.53. The normalized spacial score (nSPS) is 14.8. The molecular weight excluding hydrogens is 373 g/mol. The van der Waals surface area contributed by atoms with E-state index in [9.17, 15) is 9.18 Å². The average molecular weight is 395 g/mol. The van der Waals surface area contributed by atoms with Crippen LogP contribution in [0.2, 0.25) is 0 Å². The second kappa shape index (κ2) is 8.43. The van der Waals surface area contributed by atoms with E-state index in [-0.39, 0.29) is 17.6 Å². The third-order valence-electron chi connectivity index (χ3n) is 5.08. The number of rotatable bonds is 5. The molecule has 150 valence electrons. The van der Waals surface area contributed by atoms with Crippen molar-refractivity contribution in [1.82, 2.24) is 15.1 Å². The number of likely N-dealkylation sites (tertiary alicyclic amines) is 1. The zero-order valence-corrected chi connectivity index (χ0v) is 16.2. The van der Waals surface area contributed by atoms with Gasteiger partial charge in [-0.1, -0.05) is 12.1 Å². The van der Waals surface area contributed by atoms with Crippen LogP contribution in [0.25, 0.3) is 11.5 Å². The van der Waals surface area contributed by atoms with Gasteiger partial charge in [-0.25, -0.2) is 4.39 Å². The number of carbonyl (C=O) groups is 1. The molecule has 6 nitrogen and oxygen atoms in total. The number of halogens is 1. The van der Waals surface area contributed by atoms with Gasteiger partial charge in [-0.15, -0.1) is 10.2 Å². The molecule has 0 bridgehead atoms. The molecule has 1 saturated heterocycles. The molecule has 1 amide bonds. The van der Waals surface area contributed by atoms with Crippen LogP contribution < -0.4 is 4.74 Å². The highest BCUT2D eigenvalue weighted by atomic mass is 19.1. The molecule has 1 aromatic heterocycles. The first-order valence-corrected chi connectivity index (χ1v) is 9.76. The SMILES string of the molecule is CCOc1ccccc1C(=O)N1CCC(c2nnc(-c3ccc(F)cc3)o2)CC1. The van der Waals surface area contributed by atoms with Crippen LogP contribution in [0.5, 0.6) is 5.75 Å². The second-order valence-electron chi connectivity index (χ2n) is 6.95. The molecule has 0 unspecified atom stereocenters. The number of benzene rings is 2. The molecule has 0 saturated carbocycles. The molecule has 7 heteroatoms. The van der Waals surface area contributed by atoms with Crippen LogP contribution >= 0.6 is 0 Å². The van der Waals surface area contributed by atoms with Gasteiger partial charge in [0.05, 0.1) is 12.2 Å². The Kier molecular flexibility index (Phi) is 5.55. The molecule has 0 spiro atoms. The molecule has 2 aromatic carbocycles. The van der Waals surface area contributed by atoms with E-state index in [2.05, 4.69) is 10.2 Å². The number of para-hydroxylation sites is 1. The molecule has 0 aliphatic carbocycles. The van der Waals surface area contributed by atoms with Crippen molar-refractivity contribution >= 4 is 5.91 Å². The maximum Gasteiger partial charge on any atom is 0.257 e. The summed E-state index contributed by atoms with van der Waals surface area (Å²) >= 11 is 0. The van der Waals surface area contributed by atoms with Crippen molar-refractivity contribution in [2.45, 2.75) is 25.7 Å². The molecule has 1 aliphatic rings. The van der Waals surface area contributed by atoms with E-state index in [1.807, 2.05) is 30.0 Å². The largest absolute Gasteiger partial charge is 0.493 e. The molecule has 0 radical (unpaired) electrons. The highest BCUT2D eigenvalue weighted by molar-refractivity contribution is 5.97. The van der Waals surface area contributed by atoms with Gasteiger partial charge in [0.1, 0.15) is 11.6 Å². The summed E-state index contributed by atoms with van der Waals surface area (Å²) in [7, 11) is 0. The predicted molar refractivity (Wildman–Crippen MR) is 105 cm³/mol. The summed E-state index contributed by atoms with van der Waals surface area (Å²) in [5, 5.41) is 8.26. The van der Waals surface area contributed by atoms with Crippen molar-refractivity contribution in [3.8, 4) is 17.2 Å². The molecule has 3 aromatic rings. The summed E-state index contributed by atoms with van der Waals surface area (Å²) in [5.74, 6) is 1.32. The Morgan fingerprint density at radius 2 is 1.86 bits per heavy atom. The van der Waals surface area contributed by atoms with E-state index >= 15 is 0 Å². The Morgan fingerprint density at radius 1 is 1.14 bits per heavy atom. The van der Waals surface area contributed by atoms with E-state index < -0.39 is 0 Å². The van der Waals surface area contributed by atoms with Gasteiger partial charge in [0.15, 0.2) is 0 Å². The number of hydrogen-bond donors (Lipinski definition) is 0. The van der Waals surface area contributed by atoms with Crippen LogP contribution in [-0.4, -0.2) is 40.7 Å². The van der Waals surface area contributed by atoms with Crippen molar-refractivity contribution in [1.29, 1.82) is 0 Å². The number of hydrogen-bond acceptors (Lipinski definition) is 5. The first kappa shape index (κ1) is 19.1. The number of nitrogens with zero attached hydrogens (tertiary/aromatic N) is 3. The van der Waals surface area contributed by atoms with Crippen LogP contribution in [0.1, 0.15) is 41.9 Å². The van der Waals surface area contributed by atoms with Gasteiger partial charge >= 0.3 is 0 Å². The minimum absolute atomic E-state index is 0.0231. The molecule has 4 rings (SSSR count). The van der Waals surface area contributed by atoms with Crippen LogP contribution in [0, 0.1) is 5.82 Å². The van der Waals surface area contributed by atoms with Crippen molar-refractivity contribution in [3.05, 3.63) is 65.8 Å². The molecular formula is C22H22FN3O3. The first-order chi connectivity index (χ1) is 14.2. The molecule has 29 heavy (non-hydrogen) atoms. The van der Waals surface area contributed by atoms with Gasteiger partial charge in [-0.2, -0.15) is 0 Å². The molecule has 0 atom stereocenters.